The van der Waals surface area contributed by atoms with Crippen molar-refractivity contribution >= 4 is 17.5 Å². The van der Waals surface area contributed by atoms with Gasteiger partial charge in [0.05, 0.1) is 5.75 Å². The average molecular weight is 284 g/mol. The Bertz CT molecular complexity index is 579. The van der Waals surface area contributed by atoms with Gasteiger partial charge in [0, 0.05) is 11.3 Å². The highest BCUT2D eigenvalue weighted by Crippen LogP contribution is 2.20. The maximum Gasteiger partial charge on any atom is 0.147 e. The lowest BCUT2D eigenvalue weighted by Gasteiger charge is -2.08. The molecule has 20 heavy (non-hydrogen) atoms. The van der Waals surface area contributed by atoms with Crippen molar-refractivity contribution in [1.29, 1.82) is 0 Å². The van der Waals surface area contributed by atoms with E-state index in [2.05, 4.69) is 57.2 Å². The SMILES string of the molecule is Cc1ccc(SCC(=O)Cc2c(C)cccc2C)cc1. The molecule has 104 valence electrons. The Balaban J connectivity index is 1.94. The Kier molecular flexibility index (Phi) is 5.02. The molecule has 2 heteroatoms. The van der Waals surface area contributed by atoms with E-state index in [1.165, 1.54) is 22.3 Å². The van der Waals surface area contributed by atoms with Crippen molar-refractivity contribution in [2.75, 3.05) is 5.75 Å². The topological polar surface area (TPSA) is 17.1 Å². The van der Waals surface area contributed by atoms with Gasteiger partial charge in [-0.1, -0.05) is 35.9 Å². The van der Waals surface area contributed by atoms with E-state index in [4.69, 9.17) is 0 Å². The number of Topliss-reactive ketones (excluding diaryl/α,β-unsaturated/α-hetero) is 1. The molecule has 0 N–H and O–H groups in total. The zero-order valence-corrected chi connectivity index (χ0v) is 13.1. The highest BCUT2D eigenvalue weighted by atomic mass is 32.2. The van der Waals surface area contributed by atoms with Crippen LogP contribution in [0.4, 0.5) is 0 Å². The van der Waals surface area contributed by atoms with Crippen molar-refractivity contribution in [2.45, 2.75) is 32.1 Å². The zero-order chi connectivity index (χ0) is 14.5. The number of rotatable bonds is 5. The van der Waals surface area contributed by atoms with Crippen molar-refractivity contribution < 1.29 is 4.79 Å². The van der Waals surface area contributed by atoms with Gasteiger partial charge in [-0.25, -0.2) is 0 Å². The second-order valence-corrected chi connectivity index (χ2v) is 6.24. The largest absolute Gasteiger partial charge is 0.298 e. The summed E-state index contributed by atoms with van der Waals surface area (Å²) in [6.45, 7) is 6.21. The van der Waals surface area contributed by atoms with Gasteiger partial charge in [-0.2, -0.15) is 0 Å². The third kappa shape index (κ3) is 3.97. The van der Waals surface area contributed by atoms with Crippen LogP contribution in [0.5, 0.6) is 0 Å². The fourth-order valence-corrected chi connectivity index (χ4v) is 2.93. The summed E-state index contributed by atoms with van der Waals surface area (Å²) in [4.78, 5) is 13.3. The van der Waals surface area contributed by atoms with Crippen molar-refractivity contribution in [2.24, 2.45) is 0 Å². The quantitative estimate of drug-likeness (QED) is 0.751. The lowest BCUT2D eigenvalue weighted by Crippen LogP contribution is -2.08. The summed E-state index contributed by atoms with van der Waals surface area (Å²) in [6.07, 6.45) is 0.539. The molecule has 0 spiro atoms. The summed E-state index contributed by atoms with van der Waals surface area (Å²) < 4.78 is 0. The predicted molar refractivity (Wildman–Crippen MR) is 86.5 cm³/mol. The summed E-state index contributed by atoms with van der Waals surface area (Å²) in [7, 11) is 0. The highest BCUT2D eigenvalue weighted by Gasteiger charge is 2.09. The molecule has 0 bridgehead atoms. The van der Waals surface area contributed by atoms with Crippen molar-refractivity contribution in [3.05, 3.63) is 64.7 Å². The van der Waals surface area contributed by atoms with Crippen LogP contribution in [0.3, 0.4) is 0 Å². The molecular formula is C18H20OS. The van der Waals surface area contributed by atoms with Crippen LogP contribution in [-0.2, 0) is 11.2 Å². The Morgan fingerprint density at radius 2 is 1.55 bits per heavy atom. The van der Waals surface area contributed by atoms with Gasteiger partial charge < -0.3 is 0 Å². The summed E-state index contributed by atoms with van der Waals surface area (Å²) in [5.41, 5.74) is 4.84. The Labute approximate surface area is 125 Å². The van der Waals surface area contributed by atoms with Gasteiger partial charge in [-0.3, -0.25) is 4.79 Å². The number of aryl methyl sites for hydroxylation is 3. The summed E-state index contributed by atoms with van der Waals surface area (Å²) >= 11 is 1.62. The molecule has 0 unspecified atom stereocenters. The molecule has 0 aromatic heterocycles. The molecule has 1 nitrogen and oxygen atoms in total. The molecule has 0 fully saturated rings. The van der Waals surface area contributed by atoms with Crippen LogP contribution in [0.15, 0.2) is 47.4 Å². The average Bonchev–Trinajstić information content (AvgIpc) is 2.42. The Morgan fingerprint density at radius 1 is 0.950 bits per heavy atom. The monoisotopic (exact) mass is 284 g/mol. The van der Waals surface area contributed by atoms with Gasteiger partial charge in [0.1, 0.15) is 5.78 Å². The normalized spacial score (nSPS) is 10.6. The number of carbonyl (C=O) groups excluding carboxylic acids is 1. The highest BCUT2D eigenvalue weighted by molar-refractivity contribution is 8.00. The minimum absolute atomic E-state index is 0.285. The first-order valence-electron chi connectivity index (χ1n) is 6.82. The van der Waals surface area contributed by atoms with E-state index in [1.54, 1.807) is 11.8 Å². The van der Waals surface area contributed by atoms with Gasteiger partial charge in [0.25, 0.3) is 0 Å². The molecule has 0 heterocycles. The van der Waals surface area contributed by atoms with Crippen LogP contribution in [0.1, 0.15) is 22.3 Å². The van der Waals surface area contributed by atoms with Crippen LogP contribution < -0.4 is 0 Å². The fourth-order valence-electron chi connectivity index (χ4n) is 2.17. The van der Waals surface area contributed by atoms with E-state index >= 15 is 0 Å². The lowest BCUT2D eigenvalue weighted by atomic mass is 9.99. The van der Waals surface area contributed by atoms with Crippen molar-refractivity contribution in [3.63, 3.8) is 0 Å². The van der Waals surface area contributed by atoms with E-state index in [1.807, 2.05) is 6.07 Å². The maximum absolute atomic E-state index is 12.1. The number of hydrogen-bond donors (Lipinski definition) is 0. The number of benzene rings is 2. The lowest BCUT2D eigenvalue weighted by molar-refractivity contribution is -0.116. The smallest absolute Gasteiger partial charge is 0.147 e. The standard InChI is InChI=1S/C18H20OS/c1-13-7-9-17(10-8-13)20-12-16(19)11-18-14(2)5-4-6-15(18)3/h4-10H,11-12H2,1-3H3. The van der Waals surface area contributed by atoms with Crippen molar-refractivity contribution in [3.8, 4) is 0 Å². The number of thioether (sulfide) groups is 1. The summed E-state index contributed by atoms with van der Waals surface area (Å²) in [6, 6.07) is 14.5. The van der Waals surface area contributed by atoms with Crippen LogP contribution in [0.25, 0.3) is 0 Å². The summed E-state index contributed by atoms with van der Waals surface area (Å²) in [5.74, 6) is 0.824. The van der Waals surface area contributed by atoms with E-state index in [-0.39, 0.29) is 5.78 Å². The number of hydrogen-bond acceptors (Lipinski definition) is 2. The zero-order valence-electron chi connectivity index (χ0n) is 12.3. The minimum atomic E-state index is 0.285. The number of ketones is 1. The molecule has 2 rings (SSSR count). The first kappa shape index (κ1) is 14.9. The van der Waals surface area contributed by atoms with Crippen LogP contribution in [0, 0.1) is 20.8 Å². The molecular weight excluding hydrogens is 264 g/mol. The molecule has 0 aliphatic rings. The predicted octanol–water partition coefficient (Wildman–Crippen LogP) is 4.52. The third-order valence-corrected chi connectivity index (χ3v) is 4.51. The molecule has 0 aliphatic carbocycles. The molecule has 0 radical (unpaired) electrons. The fraction of sp³-hybridized carbons (Fsp3) is 0.278. The van der Waals surface area contributed by atoms with E-state index < -0.39 is 0 Å². The second kappa shape index (κ2) is 6.76. The third-order valence-electron chi connectivity index (χ3n) is 3.44. The van der Waals surface area contributed by atoms with E-state index in [0.717, 1.165) is 4.90 Å². The Hall–Kier alpha value is -1.54. The van der Waals surface area contributed by atoms with Gasteiger partial charge in [0.2, 0.25) is 0 Å². The van der Waals surface area contributed by atoms with E-state index in [0.29, 0.717) is 12.2 Å². The molecule has 0 saturated carbocycles. The van der Waals surface area contributed by atoms with Crippen LogP contribution in [-0.4, -0.2) is 11.5 Å². The van der Waals surface area contributed by atoms with E-state index in [9.17, 15) is 4.79 Å². The molecule has 0 atom stereocenters. The van der Waals surface area contributed by atoms with Crippen LogP contribution in [0.2, 0.25) is 0 Å². The van der Waals surface area contributed by atoms with Gasteiger partial charge >= 0.3 is 0 Å². The number of carbonyl (C=O) groups is 1. The second-order valence-electron chi connectivity index (χ2n) is 5.19. The minimum Gasteiger partial charge on any atom is -0.298 e. The molecule has 0 saturated heterocycles. The maximum atomic E-state index is 12.1. The Morgan fingerprint density at radius 3 is 2.15 bits per heavy atom. The van der Waals surface area contributed by atoms with Crippen LogP contribution >= 0.6 is 11.8 Å². The molecule has 2 aromatic carbocycles. The van der Waals surface area contributed by atoms with Gasteiger partial charge in [0.15, 0.2) is 0 Å². The van der Waals surface area contributed by atoms with Gasteiger partial charge in [-0.05, 0) is 49.6 Å². The van der Waals surface area contributed by atoms with Gasteiger partial charge in [-0.15, -0.1) is 11.8 Å². The summed E-state index contributed by atoms with van der Waals surface area (Å²) in [5, 5.41) is 0. The molecule has 0 amide bonds. The molecule has 0 aliphatic heterocycles. The first-order chi connectivity index (χ1) is 9.56. The molecule has 2 aromatic rings. The van der Waals surface area contributed by atoms with Crippen molar-refractivity contribution in [1.82, 2.24) is 0 Å². The first-order valence-corrected chi connectivity index (χ1v) is 7.81.